The SMILES string of the molecule is NCC(c1cc(Br)c(Br)s1)N1CCC2(CCCCC2)CC1. The topological polar surface area (TPSA) is 29.3 Å². The fraction of sp³-hybridized carbons (Fsp3) is 0.750. The fourth-order valence-corrected chi connectivity index (χ4v) is 6.32. The van der Waals surface area contributed by atoms with Crippen molar-refractivity contribution in [2.45, 2.75) is 51.0 Å². The van der Waals surface area contributed by atoms with E-state index in [1.54, 1.807) is 0 Å². The average Bonchev–Trinajstić information content (AvgIpc) is 2.82. The van der Waals surface area contributed by atoms with E-state index < -0.39 is 0 Å². The molecule has 1 aliphatic carbocycles. The van der Waals surface area contributed by atoms with Gasteiger partial charge in [0.2, 0.25) is 0 Å². The molecule has 1 aliphatic heterocycles. The number of rotatable bonds is 3. The van der Waals surface area contributed by atoms with Crippen molar-refractivity contribution in [3.63, 3.8) is 0 Å². The predicted octanol–water partition coefficient (Wildman–Crippen LogP) is 5.32. The molecular weight excluding hydrogens is 412 g/mol. The van der Waals surface area contributed by atoms with Gasteiger partial charge in [0.1, 0.15) is 0 Å². The van der Waals surface area contributed by atoms with Gasteiger partial charge >= 0.3 is 0 Å². The van der Waals surface area contributed by atoms with Crippen LogP contribution < -0.4 is 5.73 Å². The maximum absolute atomic E-state index is 6.10. The summed E-state index contributed by atoms with van der Waals surface area (Å²) < 4.78 is 2.33. The number of likely N-dealkylation sites (tertiary alicyclic amines) is 1. The van der Waals surface area contributed by atoms with Gasteiger partial charge in [-0.3, -0.25) is 4.90 Å². The van der Waals surface area contributed by atoms with Gasteiger partial charge in [0, 0.05) is 15.9 Å². The lowest BCUT2D eigenvalue weighted by atomic mass is 9.68. The van der Waals surface area contributed by atoms with Gasteiger partial charge in [-0.05, 0) is 82.1 Å². The van der Waals surface area contributed by atoms with Gasteiger partial charge in [0.25, 0.3) is 0 Å². The molecule has 5 heteroatoms. The maximum atomic E-state index is 6.10. The Morgan fingerprint density at radius 1 is 1.14 bits per heavy atom. The molecular formula is C16H24Br2N2S. The lowest BCUT2D eigenvalue weighted by Crippen LogP contribution is -2.44. The Morgan fingerprint density at radius 2 is 1.81 bits per heavy atom. The zero-order chi connectivity index (χ0) is 14.9. The summed E-state index contributed by atoms with van der Waals surface area (Å²) >= 11 is 9.02. The number of halogens is 2. The van der Waals surface area contributed by atoms with E-state index in [1.807, 2.05) is 11.3 Å². The first-order valence-corrected chi connectivity index (χ1v) is 10.4. The summed E-state index contributed by atoms with van der Waals surface area (Å²) in [5, 5.41) is 0. The standard InChI is InChI=1S/C16H24Br2N2S/c17-12-10-14(21-15(12)18)13(11-19)20-8-6-16(7-9-20)4-2-1-3-5-16/h10,13H,1-9,11,19H2. The summed E-state index contributed by atoms with van der Waals surface area (Å²) in [5.74, 6) is 0. The molecule has 0 radical (unpaired) electrons. The molecule has 2 aliphatic rings. The first kappa shape index (κ1) is 16.4. The van der Waals surface area contributed by atoms with Gasteiger partial charge in [0.15, 0.2) is 0 Å². The van der Waals surface area contributed by atoms with Gasteiger partial charge in [0.05, 0.1) is 9.83 Å². The van der Waals surface area contributed by atoms with Crippen LogP contribution in [0, 0.1) is 5.41 Å². The number of hydrogen-bond acceptors (Lipinski definition) is 3. The average molecular weight is 436 g/mol. The van der Waals surface area contributed by atoms with Crippen LogP contribution in [0.15, 0.2) is 14.3 Å². The second-order valence-corrected chi connectivity index (χ2v) is 9.87. The van der Waals surface area contributed by atoms with Gasteiger partial charge in [-0.1, -0.05) is 19.3 Å². The number of nitrogens with zero attached hydrogens (tertiary/aromatic N) is 1. The quantitative estimate of drug-likeness (QED) is 0.695. The van der Waals surface area contributed by atoms with Crippen molar-refractivity contribution in [1.82, 2.24) is 4.90 Å². The Morgan fingerprint density at radius 3 is 2.33 bits per heavy atom. The van der Waals surface area contributed by atoms with Crippen LogP contribution in [0.5, 0.6) is 0 Å². The van der Waals surface area contributed by atoms with Crippen molar-refractivity contribution in [3.05, 3.63) is 19.2 Å². The van der Waals surface area contributed by atoms with E-state index in [-0.39, 0.29) is 0 Å². The van der Waals surface area contributed by atoms with E-state index in [1.165, 1.54) is 66.7 Å². The molecule has 21 heavy (non-hydrogen) atoms. The van der Waals surface area contributed by atoms with Crippen LogP contribution in [0.25, 0.3) is 0 Å². The largest absolute Gasteiger partial charge is 0.329 e. The summed E-state index contributed by atoms with van der Waals surface area (Å²) in [7, 11) is 0. The van der Waals surface area contributed by atoms with Crippen LogP contribution in [0.1, 0.15) is 55.9 Å². The van der Waals surface area contributed by atoms with E-state index in [0.717, 1.165) is 4.47 Å². The Hall–Kier alpha value is 0.580. The molecule has 0 bridgehead atoms. The highest BCUT2D eigenvalue weighted by molar-refractivity contribution is 9.13. The number of thiophene rings is 1. The zero-order valence-corrected chi connectivity index (χ0v) is 16.4. The molecule has 1 saturated heterocycles. The summed E-state index contributed by atoms with van der Waals surface area (Å²) in [4.78, 5) is 4.00. The van der Waals surface area contributed by atoms with Gasteiger partial charge in [-0.25, -0.2) is 0 Å². The molecule has 2 heterocycles. The normalized spacial score (nSPS) is 24.3. The lowest BCUT2D eigenvalue weighted by Gasteiger charge is -2.46. The van der Waals surface area contributed by atoms with E-state index in [4.69, 9.17) is 5.73 Å². The summed E-state index contributed by atoms with van der Waals surface area (Å²) in [6, 6.07) is 2.62. The molecule has 1 unspecified atom stereocenters. The first-order chi connectivity index (χ1) is 10.1. The van der Waals surface area contributed by atoms with Crippen molar-refractivity contribution < 1.29 is 0 Å². The second-order valence-electron chi connectivity index (χ2n) is 6.62. The Bertz CT molecular complexity index is 453. The Kier molecular flexibility index (Phi) is 5.48. The Labute approximate surface area is 148 Å². The van der Waals surface area contributed by atoms with Crippen LogP contribution in [-0.2, 0) is 0 Å². The van der Waals surface area contributed by atoms with Crippen molar-refractivity contribution in [2.24, 2.45) is 11.1 Å². The second kappa shape index (κ2) is 7.00. The summed E-state index contributed by atoms with van der Waals surface area (Å²) in [6.07, 6.45) is 10.0. The minimum atomic E-state index is 0.388. The summed E-state index contributed by atoms with van der Waals surface area (Å²) in [5.41, 5.74) is 6.77. The molecule has 1 aromatic rings. The molecule has 1 aromatic heterocycles. The first-order valence-electron chi connectivity index (χ1n) is 8.02. The maximum Gasteiger partial charge on any atom is 0.0843 e. The molecule has 2 N–H and O–H groups in total. The number of nitrogens with two attached hydrogens (primary N) is 1. The summed E-state index contributed by atoms with van der Waals surface area (Å²) in [6.45, 7) is 3.15. The molecule has 1 spiro atoms. The molecule has 2 nitrogen and oxygen atoms in total. The zero-order valence-electron chi connectivity index (χ0n) is 12.4. The minimum absolute atomic E-state index is 0.388. The number of piperidine rings is 1. The van der Waals surface area contributed by atoms with E-state index in [9.17, 15) is 0 Å². The molecule has 1 saturated carbocycles. The van der Waals surface area contributed by atoms with Crippen molar-refractivity contribution >= 4 is 43.2 Å². The molecule has 2 fully saturated rings. The highest BCUT2D eigenvalue weighted by Crippen LogP contribution is 2.46. The van der Waals surface area contributed by atoms with E-state index in [0.29, 0.717) is 18.0 Å². The van der Waals surface area contributed by atoms with Crippen LogP contribution in [0.3, 0.4) is 0 Å². The van der Waals surface area contributed by atoms with Crippen LogP contribution >= 0.6 is 43.2 Å². The van der Waals surface area contributed by atoms with Gasteiger partial charge < -0.3 is 5.73 Å². The van der Waals surface area contributed by atoms with Crippen molar-refractivity contribution in [2.75, 3.05) is 19.6 Å². The van der Waals surface area contributed by atoms with Crippen LogP contribution in [0.4, 0.5) is 0 Å². The smallest absolute Gasteiger partial charge is 0.0843 e. The van der Waals surface area contributed by atoms with E-state index >= 15 is 0 Å². The number of hydrogen-bond donors (Lipinski definition) is 1. The van der Waals surface area contributed by atoms with E-state index in [2.05, 4.69) is 42.8 Å². The highest BCUT2D eigenvalue weighted by Gasteiger charge is 2.37. The molecule has 1 atom stereocenters. The fourth-order valence-electron chi connectivity index (χ4n) is 4.08. The van der Waals surface area contributed by atoms with Gasteiger partial charge in [-0.2, -0.15) is 0 Å². The molecule has 3 rings (SSSR count). The molecule has 118 valence electrons. The van der Waals surface area contributed by atoms with Crippen LogP contribution in [0.2, 0.25) is 0 Å². The third-order valence-corrected chi connectivity index (χ3v) is 8.79. The van der Waals surface area contributed by atoms with Crippen molar-refractivity contribution in [1.29, 1.82) is 0 Å². The predicted molar refractivity (Wildman–Crippen MR) is 97.8 cm³/mol. The molecule has 0 aromatic carbocycles. The highest BCUT2D eigenvalue weighted by atomic mass is 79.9. The van der Waals surface area contributed by atoms with Gasteiger partial charge in [-0.15, -0.1) is 11.3 Å². The monoisotopic (exact) mass is 434 g/mol. The van der Waals surface area contributed by atoms with Crippen LogP contribution in [-0.4, -0.2) is 24.5 Å². The molecule has 0 amide bonds. The third kappa shape index (κ3) is 3.57. The van der Waals surface area contributed by atoms with Crippen molar-refractivity contribution in [3.8, 4) is 0 Å². The Balaban J connectivity index is 1.66. The minimum Gasteiger partial charge on any atom is -0.329 e. The lowest BCUT2D eigenvalue weighted by molar-refractivity contribution is 0.0472. The third-order valence-electron chi connectivity index (χ3n) is 5.43.